The molecule has 0 amide bonds. The molecule has 0 fully saturated rings. The van der Waals surface area contributed by atoms with Crippen LogP contribution >= 0.6 is 0 Å². The summed E-state index contributed by atoms with van der Waals surface area (Å²) in [6.07, 6.45) is 6.56. The van der Waals surface area contributed by atoms with Crippen LogP contribution in [0.3, 0.4) is 0 Å². The lowest BCUT2D eigenvalue weighted by atomic mass is 10.2. The Labute approximate surface area is 105 Å². The molecule has 0 saturated heterocycles. The number of nitrogens with zero attached hydrogens (tertiary/aromatic N) is 6. The lowest BCUT2D eigenvalue weighted by Gasteiger charge is -2.06. The zero-order valence-electron chi connectivity index (χ0n) is 10.3. The van der Waals surface area contributed by atoms with Gasteiger partial charge in [-0.1, -0.05) is 11.6 Å². The van der Waals surface area contributed by atoms with Crippen molar-refractivity contribution >= 4 is 0 Å². The first-order valence-electron chi connectivity index (χ1n) is 6.37. The van der Waals surface area contributed by atoms with E-state index in [0.717, 1.165) is 30.3 Å². The van der Waals surface area contributed by atoms with Gasteiger partial charge in [0.1, 0.15) is 12.4 Å². The summed E-state index contributed by atoms with van der Waals surface area (Å²) in [5.74, 6) is 2.06. The zero-order chi connectivity index (χ0) is 12.4. The molecule has 7 heteroatoms. The van der Waals surface area contributed by atoms with Crippen LogP contribution in [0, 0.1) is 0 Å². The molecular formula is C11H17N7. The second kappa shape index (κ2) is 4.85. The summed E-state index contributed by atoms with van der Waals surface area (Å²) < 4.78 is 3.99. The van der Waals surface area contributed by atoms with Gasteiger partial charge >= 0.3 is 0 Å². The van der Waals surface area contributed by atoms with Crippen molar-refractivity contribution in [1.29, 1.82) is 0 Å². The van der Waals surface area contributed by atoms with Crippen molar-refractivity contribution in [2.75, 3.05) is 0 Å². The minimum atomic E-state index is 0.415. The molecule has 96 valence electrons. The summed E-state index contributed by atoms with van der Waals surface area (Å²) in [6, 6.07) is 0. The van der Waals surface area contributed by atoms with Crippen molar-refractivity contribution in [3.63, 3.8) is 0 Å². The van der Waals surface area contributed by atoms with Gasteiger partial charge in [0.25, 0.3) is 0 Å². The standard InChI is InChI=1S/C11H17N7/c12-6-9-7-17(16-13-9)8-11-15-14-10-4-2-1-3-5-18(10)11/h7H,1-6,8,12H2. The number of hydrogen-bond acceptors (Lipinski definition) is 5. The second-order valence-corrected chi connectivity index (χ2v) is 4.61. The molecule has 3 heterocycles. The smallest absolute Gasteiger partial charge is 0.154 e. The summed E-state index contributed by atoms with van der Waals surface area (Å²) in [6.45, 7) is 2.04. The largest absolute Gasteiger partial charge is 0.325 e. The Balaban J connectivity index is 1.82. The molecule has 0 unspecified atom stereocenters. The first-order valence-corrected chi connectivity index (χ1v) is 6.37. The fraction of sp³-hybridized carbons (Fsp3) is 0.636. The van der Waals surface area contributed by atoms with E-state index < -0.39 is 0 Å². The van der Waals surface area contributed by atoms with Gasteiger partial charge in [-0.2, -0.15) is 0 Å². The maximum absolute atomic E-state index is 5.52. The first kappa shape index (κ1) is 11.3. The van der Waals surface area contributed by atoms with Gasteiger partial charge < -0.3 is 10.3 Å². The number of rotatable bonds is 3. The Morgan fingerprint density at radius 1 is 1.17 bits per heavy atom. The highest BCUT2D eigenvalue weighted by molar-refractivity contribution is 4.99. The lowest BCUT2D eigenvalue weighted by Crippen LogP contribution is -2.10. The molecule has 2 N–H and O–H groups in total. The highest BCUT2D eigenvalue weighted by Crippen LogP contribution is 2.14. The predicted octanol–water partition coefficient (Wildman–Crippen LogP) is 0.103. The number of nitrogens with two attached hydrogens (primary N) is 1. The van der Waals surface area contributed by atoms with E-state index in [-0.39, 0.29) is 0 Å². The molecule has 0 saturated carbocycles. The number of aryl methyl sites for hydroxylation is 1. The van der Waals surface area contributed by atoms with Gasteiger partial charge in [0.15, 0.2) is 5.82 Å². The van der Waals surface area contributed by atoms with E-state index in [2.05, 4.69) is 25.1 Å². The third kappa shape index (κ3) is 2.13. The van der Waals surface area contributed by atoms with E-state index in [0.29, 0.717) is 13.1 Å². The van der Waals surface area contributed by atoms with Gasteiger partial charge in [-0.25, -0.2) is 4.68 Å². The molecule has 0 aromatic carbocycles. The van der Waals surface area contributed by atoms with Gasteiger partial charge in [0.2, 0.25) is 0 Å². The van der Waals surface area contributed by atoms with Crippen LogP contribution in [-0.4, -0.2) is 29.8 Å². The quantitative estimate of drug-likeness (QED) is 0.831. The van der Waals surface area contributed by atoms with Crippen LogP contribution in [0.1, 0.15) is 36.6 Å². The Hall–Kier alpha value is -1.76. The van der Waals surface area contributed by atoms with E-state index in [4.69, 9.17) is 5.73 Å². The maximum atomic E-state index is 5.52. The molecule has 1 aliphatic rings. The Morgan fingerprint density at radius 2 is 2.11 bits per heavy atom. The molecule has 3 rings (SSSR count). The van der Waals surface area contributed by atoms with Crippen LogP contribution < -0.4 is 5.73 Å². The van der Waals surface area contributed by atoms with Crippen LogP contribution in [0.4, 0.5) is 0 Å². The topological polar surface area (TPSA) is 87.4 Å². The van der Waals surface area contributed by atoms with E-state index >= 15 is 0 Å². The third-order valence-electron chi connectivity index (χ3n) is 3.28. The summed E-state index contributed by atoms with van der Waals surface area (Å²) in [5, 5.41) is 16.5. The van der Waals surface area contributed by atoms with E-state index in [9.17, 15) is 0 Å². The van der Waals surface area contributed by atoms with Crippen molar-refractivity contribution in [1.82, 2.24) is 29.8 Å². The summed E-state index contributed by atoms with van der Waals surface area (Å²) in [4.78, 5) is 0. The highest BCUT2D eigenvalue weighted by atomic mass is 15.4. The molecule has 2 aromatic rings. The summed E-state index contributed by atoms with van der Waals surface area (Å²) in [5.41, 5.74) is 6.32. The van der Waals surface area contributed by atoms with Crippen LogP contribution in [0.25, 0.3) is 0 Å². The molecular weight excluding hydrogens is 230 g/mol. The third-order valence-corrected chi connectivity index (χ3v) is 3.28. The highest BCUT2D eigenvalue weighted by Gasteiger charge is 2.15. The summed E-state index contributed by atoms with van der Waals surface area (Å²) in [7, 11) is 0. The molecule has 2 aromatic heterocycles. The van der Waals surface area contributed by atoms with Crippen LogP contribution in [0.15, 0.2) is 6.20 Å². The SMILES string of the molecule is NCc1cn(Cc2nnc3n2CCCCC3)nn1. The fourth-order valence-corrected chi connectivity index (χ4v) is 2.32. The Bertz CT molecular complexity index is 527. The van der Waals surface area contributed by atoms with E-state index in [1.807, 2.05) is 6.20 Å². The first-order chi connectivity index (χ1) is 8.86. The van der Waals surface area contributed by atoms with E-state index in [1.165, 1.54) is 19.3 Å². The number of fused-ring (bicyclic) bond motifs is 1. The minimum Gasteiger partial charge on any atom is -0.325 e. The normalized spacial score (nSPS) is 15.4. The lowest BCUT2D eigenvalue weighted by molar-refractivity contribution is 0.559. The molecule has 18 heavy (non-hydrogen) atoms. The predicted molar refractivity (Wildman–Crippen MR) is 64.6 cm³/mol. The van der Waals surface area contributed by atoms with Gasteiger partial charge in [-0.05, 0) is 12.8 Å². The Kier molecular flexibility index (Phi) is 3.06. The summed E-state index contributed by atoms with van der Waals surface area (Å²) >= 11 is 0. The minimum absolute atomic E-state index is 0.415. The molecule has 0 aliphatic carbocycles. The molecule has 7 nitrogen and oxygen atoms in total. The molecule has 1 aliphatic heterocycles. The van der Waals surface area contributed by atoms with Crippen molar-refractivity contribution < 1.29 is 0 Å². The fourth-order valence-electron chi connectivity index (χ4n) is 2.32. The van der Waals surface area contributed by atoms with Gasteiger partial charge in [0.05, 0.1) is 11.9 Å². The van der Waals surface area contributed by atoms with Crippen LogP contribution in [0.2, 0.25) is 0 Å². The number of aromatic nitrogens is 6. The van der Waals surface area contributed by atoms with Crippen molar-refractivity contribution in [2.45, 2.75) is 45.3 Å². The molecule has 0 bridgehead atoms. The van der Waals surface area contributed by atoms with Crippen LogP contribution in [-0.2, 0) is 26.1 Å². The molecule has 0 atom stereocenters. The Morgan fingerprint density at radius 3 is 2.94 bits per heavy atom. The molecule has 0 spiro atoms. The van der Waals surface area contributed by atoms with Gasteiger partial charge in [0, 0.05) is 19.5 Å². The second-order valence-electron chi connectivity index (χ2n) is 4.61. The van der Waals surface area contributed by atoms with Gasteiger partial charge in [-0.15, -0.1) is 15.3 Å². The monoisotopic (exact) mass is 247 g/mol. The average Bonchev–Trinajstić information content (AvgIpc) is 2.91. The van der Waals surface area contributed by atoms with Crippen molar-refractivity contribution in [2.24, 2.45) is 5.73 Å². The average molecular weight is 247 g/mol. The van der Waals surface area contributed by atoms with E-state index in [1.54, 1.807) is 4.68 Å². The zero-order valence-corrected chi connectivity index (χ0v) is 10.3. The maximum Gasteiger partial charge on any atom is 0.154 e. The van der Waals surface area contributed by atoms with Crippen LogP contribution in [0.5, 0.6) is 0 Å². The van der Waals surface area contributed by atoms with Crippen molar-refractivity contribution in [3.05, 3.63) is 23.5 Å². The van der Waals surface area contributed by atoms with Gasteiger partial charge in [-0.3, -0.25) is 0 Å². The number of hydrogen-bond donors (Lipinski definition) is 1. The molecule has 0 radical (unpaired) electrons. The van der Waals surface area contributed by atoms with Crippen molar-refractivity contribution in [3.8, 4) is 0 Å².